The number of nitrogens with two attached hydrogens (primary N) is 2. The molecule has 262 valence electrons. The van der Waals surface area contributed by atoms with Crippen LogP contribution in [0, 0.1) is 24.1 Å². The lowest BCUT2D eigenvalue weighted by Gasteiger charge is -2.34. The first-order valence-corrected chi connectivity index (χ1v) is 17.8. The summed E-state index contributed by atoms with van der Waals surface area (Å²) in [6, 6.07) is 5.98. The van der Waals surface area contributed by atoms with Crippen LogP contribution in [0.5, 0.6) is 5.88 Å². The number of nitrogens with zero attached hydrogens (tertiary/aromatic N) is 5. The summed E-state index contributed by atoms with van der Waals surface area (Å²) in [5, 5.41) is 12.0. The van der Waals surface area contributed by atoms with Gasteiger partial charge in [-0.3, -0.25) is 9.59 Å². The van der Waals surface area contributed by atoms with E-state index in [0.29, 0.717) is 40.0 Å². The van der Waals surface area contributed by atoms with Crippen molar-refractivity contribution in [3.05, 3.63) is 51.9 Å². The molecule has 2 amide bonds. The third-order valence-corrected chi connectivity index (χ3v) is 10.2. The van der Waals surface area contributed by atoms with Crippen molar-refractivity contribution in [3.8, 4) is 17.1 Å². The van der Waals surface area contributed by atoms with Crippen molar-refractivity contribution in [1.29, 1.82) is 0 Å². The minimum atomic E-state index is -0.840. The predicted octanol–water partition coefficient (Wildman–Crippen LogP) is 4.95. The lowest BCUT2D eigenvalue weighted by molar-refractivity contribution is 0.0917. The Kier molecular flexibility index (Phi) is 10.1. The molecule has 12 nitrogen and oxygen atoms in total. The van der Waals surface area contributed by atoms with Crippen LogP contribution in [0.2, 0.25) is 0 Å². The van der Waals surface area contributed by atoms with Crippen LogP contribution in [0.4, 0.5) is 15.9 Å². The molecular weight excluding hydrogens is 646 g/mol. The van der Waals surface area contributed by atoms with Gasteiger partial charge in [0.15, 0.2) is 10.7 Å². The Hall–Kier alpha value is -4.30. The summed E-state index contributed by atoms with van der Waals surface area (Å²) < 4.78 is 22.8. The van der Waals surface area contributed by atoms with E-state index in [9.17, 15) is 14.0 Å². The molecule has 0 spiro atoms. The van der Waals surface area contributed by atoms with E-state index in [0.717, 1.165) is 68.9 Å². The van der Waals surface area contributed by atoms with Crippen molar-refractivity contribution in [2.75, 3.05) is 36.8 Å². The van der Waals surface area contributed by atoms with E-state index >= 15 is 0 Å². The molecule has 3 aromatic heterocycles. The van der Waals surface area contributed by atoms with E-state index in [1.54, 1.807) is 10.6 Å². The second kappa shape index (κ2) is 14.3. The maximum absolute atomic E-state index is 14.8. The number of carbonyl (C=O) groups excluding carboxylic acids is 2. The average molecular weight is 692 g/mol. The molecule has 2 fully saturated rings. The first-order valence-electron chi connectivity index (χ1n) is 17.0. The number of halogens is 1. The molecule has 1 aliphatic carbocycles. The first-order chi connectivity index (χ1) is 23.4. The zero-order valence-corrected chi connectivity index (χ0v) is 29.4. The van der Waals surface area contributed by atoms with Gasteiger partial charge in [0.05, 0.1) is 22.0 Å². The van der Waals surface area contributed by atoms with Crippen molar-refractivity contribution in [3.63, 3.8) is 0 Å². The van der Waals surface area contributed by atoms with Crippen molar-refractivity contribution in [2.24, 2.45) is 17.1 Å². The van der Waals surface area contributed by atoms with Gasteiger partial charge in [0.1, 0.15) is 23.8 Å². The predicted molar refractivity (Wildman–Crippen MR) is 190 cm³/mol. The van der Waals surface area contributed by atoms with Crippen LogP contribution in [-0.4, -0.2) is 69.7 Å². The van der Waals surface area contributed by atoms with Crippen LogP contribution in [0.3, 0.4) is 0 Å². The number of aromatic nitrogens is 4. The zero-order chi connectivity index (χ0) is 34.9. The number of primary amides is 1. The van der Waals surface area contributed by atoms with Gasteiger partial charge in [-0.25, -0.2) is 18.9 Å². The monoisotopic (exact) mass is 691 g/mol. The molecule has 4 heterocycles. The molecule has 4 aromatic rings. The number of nitrogens with one attached hydrogen (secondary N) is 2. The third-order valence-electron chi connectivity index (χ3n) is 9.26. The molecule has 0 bridgehead atoms. The normalized spacial score (nSPS) is 20.0. The summed E-state index contributed by atoms with van der Waals surface area (Å²) in [6.45, 7) is 11.9. The summed E-state index contributed by atoms with van der Waals surface area (Å²) in [7, 11) is 0. The van der Waals surface area contributed by atoms with Gasteiger partial charge in [-0.05, 0) is 88.1 Å². The Bertz CT molecular complexity index is 1830. The molecule has 1 aromatic carbocycles. The fourth-order valence-corrected chi connectivity index (χ4v) is 7.59. The van der Waals surface area contributed by atoms with Crippen LogP contribution in [0.15, 0.2) is 30.6 Å². The standard InChI is InChI=1S/C35H46FN9O3S/c1-20-42-34(48-24-10-7-21(8-11-24)16-39-18-35(2,3)4)30(49-20)33(47)43-23-6-5-13-44(17-23)28-15-27(45-29(28)31(37)40-19-41-45)22-9-12-25(32(38)46)26(36)14-22/h9,12,14-15,19,21,23-24,39H,5-8,10-11,13,16-18H2,1-4H3,(H2,38,46)(H,43,47)(H2,37,40,41)/t21?,23-,24?/m1/s1. The number of hydrogen-bond acceptors (Lipinski definition) is 10. The molecule has 14 heteroatoms. The Morgan fingerprint density at radius 3 is 2.63 bits per heavy atom. The van der Waals surface area contributed by atoms with Gasteiger partial charge < -0.3 is 31.7 Å². The largest absolute Gasteiger partial charge is 0.473 e. The van der Waals surface area contributed by atoms with Gasteiger partial charge in [-0.15, -0.1) is 11.3 Å². The van der Waals surface area contributed by atoms with E-state index in [2.05, 4.69) is 51.4 Å². The number of piperidine rings is 1. The molecule has 49 heavy (non-hydrogen) atoms. The highest BCUT2D eigenvalue weighted by molar-refractivity contribution is 7.13. The van der Waals surface area contributed by atoms with Gasteiger partial charge in [0.2, 0.25) is 5.88 Å². The molecular formula is C35H46FN9O3S. The number of hydrogen-bond donors (Lipinski definition) is 4. The Labute approximate surface area is 289 Å². The van der Waals surface area contributed by atoms with Crippen LogP contribution in [-0.2, 0) is 0 Å². The minimum Gasteiger partial charge on any atom is -0.473 e. The van der Waals surface area contributed by atoms with Gasteiger partial charge in [0, 0.05) is 24.7 Å². The minimum absolute atomic E-state index is 0.0440. The molecule has 1 saturated carbocycles. The van der Waals surface area contributed by atoms with E-state index in [1.165, 1.54) is 29.8 Å². The zero-order valence-electron chi connectivity index (χ0n) is 28.6. The van der Waals surface area contributed by atoms with Crippen molar-refractivity contribution >= 4 is 40.2 Å². The third kappa shape index (κ3) is 7.96. The number of thiazole rings is 1. The summed E-state index contributed by atoms with van der Waals surface area (Å²) in [5.74, 6) is -0.424. The van der Waals surface area contributed by atoms with Crippen LogP contribution >= 0.6 is 11.3 Å². The quantitative estimate of drug-likeness (QED) is 0.180. The Morgan fingerprint density at radius 1 is 1.14 bits per heavy atom. The molecule has 2 aliphatic rings. The summed E-state index contributed by atoms with van der Waals surface area (Å²) >= 11 is 1.35. The summed E-state index contributed by atoms with van der Waals surface area (Å²) in [6.07, 6.45) is 7.08. The molecule has 0 radical (unpaired) electrons. The fourth-order valence-electron chi connectivity index (χ4n) is 6.83. The number of anilines is 2. The van der Waals surface area contributed by atoms with Gasteiger partial charge in [0.25, 0.3) is 11.8 Å². The average Bonchev–Trinajstić information content (AvgIpc) is 3.62. The first kappa shape index (κ1) is 34.6. The highest BCUT2D eigenvalue weighted by Crippen LogP contribution is 2.36. The van der Waals surface area contributed by atoms with Crippen LogP contribution in [0.25, 0.3) is 16.8 Å². The smallest absolute Gasteiger partial charge is 0.267 e. The van der Waals surface area contributed by atoms with Gasteiger partial charge in [-0.2, -0.15) is 5.10 Å². The van der Waals surface area contributed by atoms with Crippen molar-refractivity contribution in [2.45, 2.75) is 78.4 Å². The van der Waals surface area contributed by atoms with E-state index < -0.39 is 11.7 Å². The summed E-state index contributed by atoms with van der Waals surface area (Å²) in [4.78, 5) is 36.7. The van der Waals surface area contributed by atoms with E-state index in [4.69, 9.17) is 16.2 Å². The summed E-state index contributed by atoms with van der Waals surface area (Å²) in [5.41, 5.74) is 14.2. The lowest BCUT2D eigenvalue weighted by Crippen LogP contribution is -2.47. The Balaban J connectivity index is 1.13. The van der Waals surface area contributed by atoms with Gasteiger partial charge >= 0.3 is 0 Å². The molecule has 6 rings (SSSR count). The van der Waals surface area contributed by atoms with E-state index in [-0.39, 0.29) is 34.8 Å². The fraction of sp³-hybridized carbons (Fsp3) is 0.514. The topological polar surface area (TPSA) is 166 Å². The second-order valence-electron chi connectivity index (χ2n) is 14.5. The number of amides is 2. The number of benzene rings is 1. The maximum Gasteiger partial charge on any atom is 0.267 e. The number of rotatable bonds is 10. The highest BCUT2D eigenvalue weighted by atomic mass is 32.1. The number of nitrogen functional groups attached to an aromatic ring is 1. The highest BCUT2D eigenvalue weighted by Gasteiger charge is 2.30. The molecule has 0 unspecified atom stereocenters. The van der Waals surface area contributed by atoms with Crippen molar-refractivity contribution in [1.82, 2.24) is 30.2 Å². The molecule has 1 atom stereocenters. The number of carbonyl (C=O) groups is 2. The number of ether oxygens (including phenoxy) is 1. The lowest BCUT2D eigenvalue weighted by atomic mass is 9.87. The maximum atomic E-state index is 14.8. The van der Waals surface area contributed by atoms with Crippen molar-refractivity contribution < 1.29 is 18.7 Å². The van der Waals surface area contributed by atoms with Gasteiger partial charge in [-0.1, -0.05) is 26.8 Å². The van der Waals surface area contributed by atoms with E-state index in [1.807, 2.05) is 13.0 Å². The van der Waals surface area contributed by atoms with Crippen LogP contribution < -0.4 is 31.7 Å². The molecule has 6 N–H and O–H groups in total. The molecule has 1 saturated heterocycles. The number of aryl methyl sites for hydroxylation is 1. The molecule has 1 aliphatic heterocycles. The van der Waals surface area contributed by atoms with Crippen LogP contribution in [0.1, 0.15) is 84.3 Å². The SMILES string of the molecule is Cc1nc(OC2CCC(CNCC(C)(C)C)CC2)c(C(=O)N[C@@H]2CCCN(c3cc(-c4ccc(C(N)=O)c(F)c4)n4ncnc(N)c34)C2)s1. The second-order valence-corrected chi connectivity index (χ2v) is 15.7. The number of fused-ring (bicyclic) bond motifs is 1. The Morgan fingerprint density at radius 2 is 1.92 bits per heavy atom.